The van der Waals surface area contributed by atoms with Crippen molar-refractivity contribution >= 4 is 0 Å². The van der Waals surface area contributed by atoms with Gasteiger partial charge in [0.25, 0.3) is 0 Å². The van der Waals surface area contributed by atoms with Gasteiger partial charge in [0.05, 0.1) is 17.7 Å². The molecule has 0 saturated heterocycles. The zero-order valence-corrected chi connectivity index (χ0v) is 12.2. The van der Waals surface area contributed by atoms with Crippen LogP contribution in [0.25, 0.3) is 11.3 Å². The van der Waals surface area contributed by atoms with Gasteiger partial charge in [0.15, 0.2) is 0 Å². The Kier molecular flexibility index (Phi) is 4.16. The summed E-state index contributed by atoms with van der Waals surface area (Å²) in [6, 6.07) is 9.03. The molecule has 0 unspecified atom stereocenters. The predicted molar refractivity (Wildman–Crippen MR) is 82.6 cm³/mol. The Bertz CT molecular complexity index is 536. The molecule has 0 amide bonds. The normalized spacial score (nSPS) is 16.4. The number of imidazole rings is 1. The van der Waals surface area contributed by atoms with Crippen molar-refractivity contribution in [2.75, 3.05) is 7.05 Å². The van der Waals surface area contributed by atoms with Gasteiger partial charge in [-0.1, -0.05) is 43.5 Å². The number of benzene rings is 1. The van der Waals surface area contributed by atoms with Gasteiger partial charge in [-0.25, -0.2) is 4.98 Å². The van der Waals surface area contributed by atoms with Gasteiger partial charge in [-0.2, -0.15) is 0 Å². The molecule has 0 atom stereocenters. The van der Waals surface area contributed by atoms with Crippen LogP contribution < -0.4 is 5.32 Å². The summed E-state index contributed by atoms with van der Waals surface area (Å²) in [6.45, 7) is 0.819. The fourth-order valence-corrected chi connectivity index (χ4v) is 3.23. The molecule has 106 valence electrons. The number of aromatic nitrogens is 2. The van der Waals surface area contributed by atoms with E-state index in [9.17, 15) is 0 Å². The highest BCUT2D eigenvalue weighted by atomic mass is 14.9. The van der Waals surface area contributed by atoms with E-state index in [1.165, 1.54) is 43.2 Å². The summed E-state index contributed by atoms with van der Waals surface area (Å²) >= 11 is 0. The highest BCUT2D eigenvalue weighted by molar-refractivity contribution is 5.62. The van der Waals surface area contributed by atoms with Gasteiger partial charge in [0.1, 0.15) is 0 Å². The van der Waals surface area contributed by atoms with E-state index in [2.05, 4.69) is 39.6 Å². The standard InChI is InChI=1S/C17H23N3/c1-18-11-16-17(20-12-19-16)15-9-7-14(8-10-15)13-5-3-2-4-6-13/h7-10,12-13,18H,2-6,11H2,1H3,(H,19,20). The minimum atomic E-state index is 0.772. The van der Waals surface area contributed by atoms with Crippen LogP contribution in [0.2, 0.25) is 0 Å². The lowest BCUT2D eigenvalue weighted by Gasteiger charge is -2.22. The van der Waals surface area contributed by atoms with Crippen LogP contribution in [0, 0.1) is 0 Å². The van der Waals surface area contributed by atoms with Crippen LogP contribution in [0.4, 0.5) is 0 Å². The number of rotatable bonds is 4. The molecule has 1 heterocycles. The molecule has 3 heteroatoms. The minimum Gasteiger partial charge on any atom is -0.347 e. The fourth-order valence-electron chi connectivity index (χ4n) is 3.23. The van der Waals surface area contributed by atoms with Gasteiger partial charge in [0, 0.05) is 12.1 Å². The molecule has 1 aromatic carbocycles. The third-order valence-electron chi connectivity index (χ3n) is 4.33. The van der Waals surface area contributed by atoms with Crippen molar-refractivity contribution in [2.45, 2.75) is 44.6 Å². The highest BCUT2D eigenvalue weighted by Crippen LogP contribution is 2.33. The summed E-state index contributed by atoms with van der Waals surface area (Å²) in [4.78, 5) is 7.66. The van der Waals surface area contributed by atoms with E-state index in [1.54, 1.807) is 6.33 Å². The van der Waals surface area contributed by atoms with Crippen molar-refractivity contribution in [1.82, 2.24) is 15.3 Å². The van der Waals surface area contributed by atoms with Crippen LogP contribution in [0.3, 0.4) is 0 Å². The third-order valence-corrected chi connectivity index (χ3v) is 4.33. The maximum Gasteiger partial charge on any atom is 0.0929 e. The van der Waals surface area contributed by atoms with Crippen molar-refractivity contribution in [3.8, 4) is 11.3 Å². The molecule has 0 bridgehead atoms. The number of hydrogen-bond donors (Lipinski definition) is 2. The fraction of sp³-hybridized carbons (Fsp3) is 0.471. The Morgan fingerprint density at radius 2 is 1.90 bits per heavy atom. The molecule has 2 aromatic rings. The molecule has 1 aliphatic carbocycles. The lowest BCUT2D eigenvalue weighted by Crippen LogP contribution is -2.06. The van der Waals surface area contributed by atoms with Crippen molar-refractivity contribution in [3.63, 3.8) is 0 Å². The van der Waals surface area contributed by atoms with E-state index in [-0.39, 0.29) is 0 Å². The van der Waals surface area contributed by atoms with Crippen LogP contribution >= 0.6 is 0 Å². The van der Waals surface area contributed by atoms with Crippen LogP contribution in [0.1, 0.15) is 49.3 Å². The van der Waals surface area contributed by atoms with Gasteiger partial charge in [-0.15, -0.1) is 0 Å². The first kappa shape index (κ1) is 13.4. The van der Waals surface area contributed by atoms with Crippen LogP contribution in [-0.4, -0.2) is 17.0 Å². The van der Waals surface area contributed by atoms with Crippen molar-refractivity contribution in [2.24, 2.45) is 0 Å². The molecule has 2 N–H and O–H groups in total. The SMILES string of the molecule is CNCc1[nH]cnc1-c1ccc(C2CCCCC2)cc1. The van der Waals surface area contributed by atoms with Crippen molar-refractivity contribution in [1.29, 1.82) is 0 Å². The van der Waals surface area contributed by atoms with Gasteiger partial charge in [0.2, 0.25) is 0 Å². The van der Waals surface area contributed by atoms with E-state index in [0.29, 0.717) is 0 Å². The molecule has 0 aliphatic heterocycles. The van der Waals surface area contributed by atoms with E-state index in [1.807, 2.05) is 7.05 Å². The molecule has 3 nitrogen and oxygen atoms in total. The Morgan fingerprint density at radius 3 is 2.60 bits per heavy atom. The first-order valence-corrected chi connectivity index (χ1v) is 7.65. The summed E-state index contributed by atoms with van der Waals surface area (Å²) in [5.74, 6) is 0.772. The summed E-state index contributed by atoms with van der Waals surface area (Å²) in [5.41, 5.74) is 4.92. The average Bonchev–Trinajstić information content (AvgIpc) is 2.97. The number of nitrogens with zero attached hydrogens (tertiary/aromatic N) is 1. The van der Waals surface area contributed by atoms with E-state index in [0.717, 1.165) is 23.9 Å². The lowest BCUT2D eigenvalue weighted by atomic mass is 9.84. The van der Waals surface area contributed by atoms with Crippen molar-refractivity contribution < 1.29 is 0 Å². The van der Waals surface area contributed by atoms with Crippen LogP contribution in [0.15, 0.2) is 30.6 Å². The molecular weight excluding hydrogens is 246 g/mol. The molecule has 0 spiro atoms. The average molecular weight is 269 g/mol. The van der Waals surface area contributed by atoms with Gasteiger partial charge in [-0.05, 0) is 31.4 Å². The first-order valence-electron chi connectivity index (χ1n) is 7.65. The molecule has 3 rings (SSSR count). The maximum atomic E-state index is 4.45. The second kappa shape index (κ2) is 6.23. The number of aromatic amines is 1. The quantitative estimate of drug-likeness (QED) is 0.885. The maximum absolute atomic E-state index is 4.45. The number of H-pyrrole nitrogens is 1. The van der Waals surface area contributed by atoms with Gasteiger partial charge < -0.3 is 10.3 Å². The van der Waals surface area contributed by atoms with E-state index < -0.39 is 0 Å². The minimum absolute atomic E-state index is 0.772. The largest absolute Gasteiger partial charge is 0.347 e. The monoisotopic (exact) mass is 269 g/mol. The summed E-state index contributed by atoms with van der Waals surface area (Å²) in [5, 5.41) is 3.17. The Labute approximate surface area is 120 Å². The third kappa shape index (κ3) is 2.78. The van der Waals surface area contributed by atoms with Crippen LogP contribution in [0.5, 0.6) is 0 Å². The molecule has 1 aromatic heterocycles. The predicted octanol–water partition coefficient (Wildman–Crippen LogP) is 3.84. The second-order valence-electron chi connectivity index (χ2n) is 5.72. The Morgan fingerprint density at radius 1 is 1.15 bits per heavy atom. The zero-order valence-electron chi connectivity index (χ0n) is 12.2. The Balaban J connectivity index is 1.79. The molecule has 1 aliphatic rings. The molecule has 1 saturated carbocycles. The molecule has 20 heavy (non-hydrogen) atoms. The molecular formula is C17H23N3. The Hall–Kier alpha value is -1.61. The van der Waals surface area contributed by atoms with Crippen molar-refractivity contribution in [3.05, 3.63) is 41.9 Å². The summed E-state index contributed by atoms with van der Waals surface area (Å²) in [7, 11) is 1.96. The number of hydrogen-bond acceptors (Lipinski definition) is 2. The van der Waals surface area contributed by atoms with E-state index >= 15 is 0 Å². The molecule has 0 radical (unpaired) electrons. The van der Waals surface area contributed by atoms with Gasteiger partial charge in [-0.3, -0.25) is 0 Å². The topological polar surface area (TPSA) is 40.7 Å². The smallest absolute Gasteiger partial charge is 0.0929 e. The number of nitrogens with one attached hydrogen (secondary N) is 2. The summed E-state index contributed by atoms with van der Waals surface area (Å²) < 4.78 is 0. The van der Waals surface area contributed by atoms with E-state index in [4.69, 9.17) is 0 Å². The van der Waals surface area contributed by atoms with Crippen LogP contribution in [-0.2, 0) is 6.54 Å². The second-order valence-corrected chi connectivity index (χ2v) is 5.72. The first-order chi connectivity index (χ1) is 9.88. The lowest BCUT2D eigenvalue weighted by molar-refractivity contribution is 0.443. The zero-order chi connectivity index (χ0) is 13.8. The molecule has 1 fully saturated rings. The highest BCUT2D eigenvalue weighted by Gasteiger charge is 2.15. The van der Waals surface area contributed by atoms with Gasteiger partial charge >= 0.3 is 0 Å². The summed E-state index contributed by atoms with van der Waals surface area (Å²) in [6.07, 6.45) is 8.67.